The van der Waals surface area contributed by atoms with Crippen molar-refractivity contribution in [3.63, 3.8) is 0 Å². The zero-order valence-electron chi connectivity index (χ0n) is 14.2. The number of unbranched alkanes of at least 4 members (excludes halogenated alkanes) is 1. The van der Waals surface area contributed by atoms with Crippen LogP contribution in [0.4, 0.5) is 0 Å². The maximum atomic E-state index is 9.08. The molecule has 0 atom stereocenters. The van der Waals surface area contributed by atoms with Gasteiger partial charge in [0.1, 0.15) is 0 Å². The van der Waals surface area contributed by atoms with Crippen molar-refractivity contribution in [2.75, 3.05) is 12.8 Å². The first-order valence-electron chi connectivity index (χ1n) is 7.30. The highest BCUT2D eigenvalue weighted by atomic mass is 31.2. The van der Waals surface area contributed by atoms with Gasteiger partial charge in [0.15, 0.2) is 0 Å². The molecule has 0 rings (SSSR count). The van der Waals surface area contributed by atoms with Gasteiger partial charge in [0.25, 0.3) is 0 Å². The Morgan fingerprint density at radius 2 is 1.00 bits per heavy atom. The second kappa shape index (κ2) is 5.80. The van der Waals surface area contributed by atoms with Crippen LogP contribution in [0.15, 0.2) is 0 Å². The number of hydrogen-bond acceptors (Lipinski definition) is 1. The molecule has 0 saturated heterocycles. The minimum absolute atomic E-state index is 0.332. The van der Waals surface area contributed by atoms with E-state index in [4.69, 9.17) is 5.11 Å². The lowest BCUT2D eigenvalue weighted by Crippen LogP contribution is -2.45. The Morgan fingerprint density at radius 3 is 1.22 bits per heavy atom. The highest BCUT2D eigenvalue weighted by Gasteiger charge is 2.63. The van der Waals surface area contributed by atoms with Gasteiger partial charge in [0.05, 0.1) is 21.6 Å². The Hall–Kier alpha value is 0.390. The second-order valence-corrected chi connectivity index (χ2v) is 14.6. The van der Waals surface area contributed by atoms with E-state index in [0.29, 0.717) is 22.1 Å². The molecule has 0 aliphatic rings. The molecule has 0 aromatic heterocycles. The zero-order valence-corrected chi connectivity index (χ0v) is 15.1. The topological polar surface area (TPSA) is 20.2 Å². The van der Waals surface area contributed by atoms with Crippen LogP contribution in [0.5, 0.6) is 0 Å². The van der Waals surface area contributed by atoms with Crippen molar-refractivity contribution in [1.29, 1.82) is 0 Å². The molecule has 0 bridgehead atoms. The van der Waals surface area contributed by atoms with Gasteiger partial charge in [0, 0.05) is 13.9 Å². The fourth-order valence-electron chi connectivity index (χ4n) is 4.49. The molecular weight excluding hydrogens is 239 g/mol. The molecule has 2 heteroatoms. The van der Waals surface area contributed by atoms with Crippen molar-refractivity contribution in [2.45, 2.75) is 90.6 Å². The van der Waals surface area contributed by atoms with Crippen molar-refractivity contribution in [2.24, 2.45) is 0 Å². The van der Waals surface area contributed by atoms with Gasteiger partial charge in [-0.15, -0.1) is 0 Å². The normalized spacial score (nSPS) is 15.0. The number of rotatable bonds is 4. The van der Waals surface area contributed by atoms with E-state index in [-0.39, 0.29) is 0 Å². The van der Waals surface area contributed by atoms with Gasteiger partial charge in [-0.25, -0.2) is 0 Å². The minimum Gasteiger partial charge on any atom is -0.396 e. The monoisotopic (exact) mass is 275 g/mol. The summed E-state index contributed by atoms with van der Waals surface area (Å²) < 4.78 is 0. The largest absolute Gasteiger partial charge is 0.396 e. The van der Waals surface area contributed by atoms with Gasteiger partial charge >= 0.3 is 0 Å². The van der Waals surface area contributed by atoms with Crippen LogP contribution < -0.4 is 0 Å². The Balaban J connectivity index is 5.61. The highest BCUT2D eigenvalue weighted by Crippen LogP contribution is 2.83. The summed E-state index contributed by atoms with van der Waals surface area (Å²) in [6.45, 7) is 22.2. The molecule has 0 aliphatic heterocycles. The zero-order chi connectivity index (χ0) is 14.8. The maximum Gasteiger partial charge on any atom is 0.0725 e. The third-order valence-electron chi connectivity index (χ3n) is 4.34. The molecule has 0 unspecified atom stereocenters. The number of aliphatic hydroxyl groups is 1. The molecule has 0 aromatic rings. The molecule has 0 aliphatic carbocycles. The quantitative estimate of drug-likeness (QED) is 0.554. The van der Waals surface area contributed by atoms with E-state index >= 15 is 0 Å². The third-order valence-corrected chi connectivity index (χ3v) is 12.2. The van der Waals surface area contributed by atoms with Gasteiger partial charge in [-0.05, 0) is 75.2 Å². The van der Waals surface area contributed by atoms with Crippen LogP contribution in [0.25, 0.3) is 0 Å². The summed E-state index contributed by atoms with van der Waals surface area (Å²) in [7, 11) is -1.19. The maximum absolute atomic E-state index is 9.08. The van der Waals surface area contributed by atoms with Crippen molar-refractivity contribution >= 4 is 7.26 Å². The van der Waals surface area contributed by atoms with Crippen LogP contribution in [0, 0.1) is 0 Å². The SMILES string of the molecule is CC(C)(C)[P+](CCCCO)(C(C)(C)C)C(C)(C)C. The Labute approximate surface area is 116 Å². The van der Waals surface area contributed by atoms with Gasteiger partial charge in [-0.2, -0.15) is 0 Å². The lowest BCUT2D eigenvalue weighted by atomic mass is 10.2. The molecular formula is C16H36OP+. The van der Waals surface area contributed by atoms with E-state index in [2.05, 4.69) is 62.3 Å². The number of hydrogen-bond donors (Lipinski definition) is 1. The first-order chi connectivity index (χ1) is 7.81. The summed E-state index contributed by atoms with van der Waals surface area (Å²) in [6.07, 6.45) is 3.41. The van der Waals surface area contributed by atoms with Gasteiger partial charge in [-0.1, -0.05) is 0 Å². The van der Waals surface area contributed by atoms with Gasteiger partial charge < -0.3 is 5.11 Å². The van der Waals surface area contributed by atoms with Crippen LogP contribution >= 0.6 is 7.26 Å². The lowest BCUT2D eigenvalue weighted by molar-refractivity contribution is 0.287. The first-order valence-corrected chi connectivity index (χ1v) is 9.28. The average Bonchev–Trinajstić information content (AvgIpc) is 2.05. The summed E-state index contributed by atoms with van der Waals surface area (Å²) >= 11 is 0. The van der Waals surface area contributed by atoms with Crippen LogP contribution in [-0.2, 0) is 0 Å². The van der Waals surface area contributed by atoms with Crippen molar-refractivity contribution in [3.8, 4) is 0 Å². The van der Waals surface area contributed by atoms with E-state index in [1.54, 1.807) is 0 Å². The fourth-order valence-corrected chi connectivity index (χ4v) is 13.2. The Morgan fingerprint density at radius 1 is 0.667 bits per heavy atom. The van der Waals surface area contributed by atoms with Gasteiger partial charge in [0.2, 0.25) is 0 Å². The molecule has 1 nitrogen and oxygen atoms in total. The van der Waals surface area contributed by atoms with E-state index in [0.717, 1.165) is 12.8 Å². The van der Waals surface area contributed by atoms with E-state index in [9.17, 15) is 0 Å². The van der Waals surface area contributed by atoms with Crippen LogP contribution in [0.2, 0.25) is 0 Å². The van der Waals surface area contributed by atoms with Crippen LogP contribution in [0.3, 0.4) is 0 Å². The van der Waals surface area contributed by atoms with Gasteiger partial charge in [-0.3, -0.25) is 0 Å². The van der Waals surface area contributed by atoms with Crippen LogP contribution in [-0.4, -0.2) is 33.3 Å². The third kappa shape index (κ3) is 3.48. The van der Waals surface area contributed by atoms with E-state index in [1.807, 2.05) is 0 Å². The summed E-state index contributed by atoms with van der Waals surface area (Å²) in [5.74, 6) is 0. The average molecular weight is 275 g/mol. The summed E-state index contributed by atoms with van der Waals surface area (Å²) in [5.41, 5.74) is 0. The first kappa shape index (κ1) is 18.4. The molecule has 0 saturated carbocycles. The Kier molecular flexibility index (Phi) is 5.92. The summed E-state index contributed by atoms with van der Waals surface area (Å²) in [6, 6.07) is 0. The molecule has 0 aromatic carbocycles. The molecule has 0 spiro atoms. The molecule has 1 N–H and O–H groups in total. The molecule has 0 amide bonds. The fraction of sp³-hybridized carbons (Fsp3) is 1.00. The molecule has 0 heterocycles. The molecule has 0 fully saturated rings. The molecule has 0 radical (unpaired) electrons. The summed E-state index contributed by atoms with van der Waals surface area (Å²) in [4.78, 5) is 0. The van der Waals surface area contributed by atoms with E-state index in [1.165, 1.54) is 6.16 Å². The second-order valence-electron chi connectivity index (χ2n) is 8.48. The highest BCUT2D eigenvalue weighted by molar-refractivity contribution is 7.80. The molecule has 18 heavy (non-hydrogen) atoms. The standard InChI is InChI=1S/C16H36OP/c1-14(2,3)18(15(4,5)6,16(7,8)9)13-11-10-12-17/h17H,10-13H2,1-9H3/q+1. The Bertz CT molecular complexity index is 214. The molecule has 110 valence electrons. The van der Waals surface area contributed by atoms with Crippen molar-refractivity contribution in [1.82, 2.24) is 0 Å². The lowest BCUT2D eigenvalue weighted by Gasteiger charge is -2.54. The summed E-state index contributed by atoms with van der Waals surface area (Å²) in [5, 5.41) is 10.2. The predicted molar refractivity (Wildman–Crippen MR) is 87.4 cm³/mol. The van der Waals surface area contributed by atoms with Crippen molar-refractivity contribution in [3.05, 3.63) is 0 Å². The van der Waals surface area contributed by atoms with Crippen LogP contribution in [0.1, 0.15) is 75.2 Å². The minimum atomic E-state index is -1.19. The smallest absolute Gasteiger partial charge is 0.0725 e. The predicted octanol–water partition coefficient (Wildman–Crippen LogP) is 5.17. The van der Waals surface area contributed by atoms with Crippen molar-refractivity contribution < 1.29 is 5.11 Å². The number of aliphatic hydroxyl groups excluding tert-OH is 1. The van der Waals surface area contributed by atoms with E-state index < -0.39 is 7.26 Å².